The van der Waals surface area contributed by atoms with Crippen LogP contribution in [0.15, 0.2) is 0 Å². The third kappa shape index (κ3) is 5.28. The fourth-order valence-electron chi connectivity index (χ4n) is 1.49. The highest BCUT2D eigenvalue weighted by Gasteiger charge is 2.45. The Morgan fingerprint density at radius 1 is 1.19 bits per heavy atom. The van der Waals surface area contributed by atoms with E-state index in [9.17, 15) is 23.1 Å². The van der Waals surface area contributed by atoms with E-state index in [1.807, 2.05) is 0 Å². The molecule has 1 atom stereocenters. The van der Waals surface area contributed by atoms with Crippen LogP contribution in [0.2, 0.25) is 0 Å². The lowest BCUT2D eigenvalue weighted by atomic mass is 9.74. The number of rotatable bonds is 8. The number of carbonyl (C=O) groups is 2. The lowest BCUT2D eigenvalue weighted by Gasteiger charge is -2.39. The molecule has 0 aliphatic carbocycles. The number of sulfonamides is 1. The molecule has 0 bridgehead atoms. The summed E-state index contributed by atoms with van der Waals surface area (Å²) in [4.78, 5) is 23.3. The number of carboxylic acid groups (broad SMARTS) is 1. The summed E-state index contributed by atoms with van der Waals surface area (Å²) in [7, 11) is -3.51. The Hall–Kier alpha value is -1.15. The third-order valence-corrected chi connectivity index (χ3v) is 5.41. The van der Waals surface area contributed by atoms with Crippen molar-refractivity contribution in [1.29, 1.82) is 0 Å². The molecule has 0 heterocycles. The van der Waals surface area contributed by atoms with E-state index in [0.29, 0.717) is 6.42 Å². The number of nitrogens with one attached hydrogen (secondary N) is 2. The van der Waals surface area contributed by atoms with Gasteiger partial charge in [0, 0.05) is 0 Å². The van der Waals surface area contributed by atoms with Crippen LogP contribution in [0.4, 0.5) is 0 Å². The molecule has 0 saturated heterocycles. The highest BCUT2D eigenvalue weighted by molar-refractivity contribution is 7.89. The van der Waals surface area contributed by atoms with Crippen molar-refractivity contribution in [3.63, 3.8) is 0 Å². The summed E-state index contributed by atoms with van der Waals surface area (Å²) in [6, 6.07) is -0.967. The first-order valence-electron chi connectivity index (χ1n) is 6.82. The van der Waals surface area contributed by atoms with Crippen LogP contribution in [0.3, 0.4) is 0 Å². The molecule has 0 radical (unpaired) electrons. The molecule has 3 N–H and O–H groups in total. The molecule has 8 heteroatoms. The Labute approximate surface area is 126 Å². The van der Waals surface area contributed by atoms with Crippen molar-refractivity contribution < 1.29 is 23.1 Å². The molecule has 0 aliphatic rings. The van der Waals surface area contributed by atoms with Crippen LogP contribution in [-0.2, 0) is 19.6 Å². The summed E-state index contributed by atoms with van der Waals surface area (Å²) >= 11 is 0. The van der Waals surface area contributed by atoms with Crippen molar-refractivity contribution in [2.75, 3.05) is 5.75 Å². The molecule has 124 valence electrons. The predicted molar refractivity (Wildman–Crippen MR) is 80.3 cm³/mol. The van der Waals surface area contributed by atoms with Crippen LogP contribution >= 0.6 is 0 Å². The minimum absolute atomic E-state index is 0.0609. The van der Waals surface area contributed by atoms with Crippen LogP contribution in [-0.4, -0.2) is 42.7 Å². The fourth-order valence-corrected chi connectivity index (χ4v) is 2.79. The quantitative estimate of drug-likeness (QED) is 0.609. The maximum atomic E-state index is 12.1. The van der Waals surface area contributed by atoms with Crippen molar-refractivity contribution in [3.8, 4) is 0 Å². The summed E-state index contributed by atoms with van der Waals surface area (Å²) in [5, 5.41) is 11.8. The van der Waals surface area contributed by atoms with Gasteiger partial charge in [0.2, 0.25) is 15.9 Å². The molecule has 1 amide bonds. The van der Waals surface area contributed by atoms with Gasteiger partial charge in [0.15, 0.2) is 0 Å². The van der Waals surface area contributed by atoms with E-state index in [2.05, 4.69) is 10.0 Å². The molecule has 0 spiro atoms. The van der Waals surface area contributed by atoms with Gasteiger partial charge in [-0.2, -0.15) is 0 Å². The molecule has 0 fully saturated rings. The Kier molecular flexibility index (Phi) is 6.37. The number of hydrogen-bond donors (Lipinski definition) is 3. The van der Waals surface area contributed by atoms with Crippen LogP contribution in [0, 0.1) is 5.41 Å². The number of carbonyl (C=O) groups excluding carboxylic acids is 1. The number of aliphatic carboxylic acids is 1. The first kappa shape index (κ1) is 19.9. The van der Waals surface area contributed by atoms with E-state index in [-0.39, 0.29) is 5.75 Å². The van der Waals surface area contributed by atoms with Gasteiger partial charge in [-0.25, -0.2) is 13.1 Å². The highest BCUT2D eigenvalue weighted by Crippen LogP contribution is 2.30. The van der Waals surface area contributed by atoms with Gasteiger partial charge < -0.3 is 10.4 Å². The van der Waals surface area contributed by atoms with Crippen molar-refractivity contribution in [2.24, 2.45) is 5.41 Å². The van der Waals surface area contributed by atoms with E-state index in [1.54, 1.807) is 20.8 Å². The van der Waals surface area contributed by atoms with E-state index < -0.39 is 38.9 Å². The van der Waals surface area contributed by atoms with Crippen molar-refractivity contribution in [2.45, 2.75) is 59.5 Å². The van der Waals surface area contributed by atoms with Crippen molar-refractivity contribution in [3.05, 3.63) is 0 Å². The smallest absolute Gasteiger partial charge is 0.311 e. The predicted octanol–water partition coefficient (Wildman–Crippen LogP) is 0.710. The minimum Gasteiger partial charge on any atom is -0.481 e. The largest absolute Gasteiger partial charge is 0.481 e. The van der Waals surface area contributed by atoms with Crippen molar-refractivity contribution >= 4 is 21.9 Å². The second kappa shape index (κ2) is 6.74. The van der Waals surface area contributed by atoms with Crippen LogP contribution in [0.1, 0.15) is 48.0 Å². The van der Waals surface area contributed by atoms with Gasteiger partial charge >= 0.3 is 5.97 Å². The second-order valence-electron chi connectivity index (χ2n) is 6.20. The van der Waals surface area contributed by atoms with Gasteiger partial charge in [0.05, 0.1) is 22.7 Å². The van der Waals surface area contributed by atoms with Gasteiger partial charge in [0.25, 0.3) is 0 Å². The molecule has 0 rings (SSSR count). The van der Waals surface area contributed by atoms with E-state index in [0.717, 1.165) is 0 Å². The lowest BCUT2D eigenvalue weighted by molar-refractivity contribution is -0.151. The summed E-state index contributed by atoms with van der Waals surface area (Å²) < 4.78 is 25.5. The first-order chi connectivity index (χ1) is 9.27. The monoisotopic (exact) mass is 322 g/mol. The number of amides is 1. The Bertz CT molecular complexity index is 497. The topological polar surface area (TPSA) is 113 Å². The molecule has 7 nitrogen and oxygen atoms in total. The van der Waals surface area contributed by atoms with Crippen LogP contribution < -0.4 is 10.0 Å². The fraction of sp³-hybridized carbons (Fsp3) is 0.846. The molecule has 21 heavy (non-hydrogen) atoms. The van der Waals surface area contributed by atoms with Gasteiger partial charge in [0.1, 0.15) is 0 Å². The summed E-state index contributed by atoms with van der Waals surface area (Å²) in [6.45, 7) is 9.33. The first-order valence-corrected chi connectivity index (χ1v) is 8.47. The van der Waals surface area contributed by atoms with Crippen LogP contribution in [0.25, 0.3) is 0 Å². The summed E-state index contributed by atoms with van der Waals surface area (Å²) in [5.41, 5.74) is -2.24. The Morgan fingerprint density at radius 2 is 1.67 bits per heavy atom. The molecule has 0 aromatic heterocycles. The lowest BCUT2D eigenvalue weighted by Crippen LogP contribution is -2.60. The van der Waals surface area contributed by atoms with Crippen molar-refractivity contribution in [1.82, 2.24) is 10.0 Å². The van der Waals surface area contributed by atoms with Gasteiger partial charge in [-0.3, -0.25) is 9.59 Å². The minimum atomic E-state index is -3.51. The SMILES string of the molecule is CCCS(=O)(=O)NC(C)C(=O)NC(C)(C)C(C)(C)C(=O)O. The Balaban J connectivity index is 4.94. The second-order valence-corrected chi connectivity index (χ2v) is 8.08. The Morgan fingerprint density at radius 3 is 2.05 bits per heavy atom. The normalized spacial score (nSPS) is 14.6. The third-order valence-electron chi connectivity index (χ3n) is 3.76. The zero-order chi connectivity index (χ0) is 17.1. The molecular weight excluding hydrogens is 296 g/mol. The van der Waals surface area contributed by atoms with Gasteiger partial charge in [-0.1, -0.05) is 6.92 Å². The van der Waals surface area contributed by atoms with E-state index >= 15 is 0 Å². The molecular formula is C13H26N2O5S. The van der Waals surface area contributed by atoms with E-state index in [4.69, 9.17) is 0 Å². The summed E-state index contributed by atoms with van der Waals surface area (Å²) in [5.74, 6) is -1.67. The molecule has 0 saturated carbocycles. The van der Waals surface area contributed by atoms with Gasteiger partial charge in [-0.05, 0) is 41.0 Å². The molecule has 0 aromatic carbocycles. The maximum Gasteiger partial charge on any atom is 0.311 e. The summed E-state index contributed by atoms with van der Waals surface area (Å²) in [6.07, 6.45) is 0.446. The molecule has 1 unspecified atom stereocenters. The standard InChI is InChI=1S/C13H26N2O5S/c1-7-8-21(19,20)15-9(2)10(16)14-13(5,6)12(3,4)11(17)18/h9,15H,7-8H2,1-6H3,(H,14,16)(H,17,18). The average Bonchev–Trinajstić information content (AvgIpc) is 2.26. The van der Waals surface area contributed by atoms with Gasteiger partial charge in [-0.15, -0.1) is 0 Å². The number of hydrogen-bond acceptors (Lipinski definition) is 4. The maximum absolute atomic E-state index is 12.1. The number of carboxylic acids is 1. The molecule has 0 aromatic rings. The molecule has 0 aliphatic heterocycles. The average molecular weight is 322 g/mol. The zero-order valence-corrected chi connectivity index (χ0v) is 14.3. The highest BCUT2D eigenvalue weighted by atomic mass is 32.2. The zero-order valence-electron chi connectivity index (χ0n) is 13.5. The van der Waals surface area contributed by atoms with Crippen LogP contribution in [0.5, 0.6) is 0 Å². The van der Waals surface area contributed by atoms with E-state index in [1.165, 1.54) is 20.8 Å².